The van der Waals surface area contributed by atoms with E-state index in [1.165, 1.54) is 6.07 Å². The van der Waals surface area contributed by atoms with Gasteiger partial charge in [-0.2, -0.15) is 0 Å². The summed E-state index contributed by atoms with van der Waals surface area (Å²) in [6, 6.07) is 4.70. The van der Waals surface area contributed by atoms with Gasteiger partial charge >= 0.3 is 0 Å². The Morgan fingerprint density at radius 3 is 2.68 bits per heavy atom. The monoisotopic (exact) mass is 283 g/mol. The van der Waals surface area contributed by atoms with Crippen LogP contribution in [0.15, 0.2) is 18.2 Å². The molecule has 0 saturated heterocycles. The number of nitrogens with one attached hydrogen (secondary N) is 1. The second-order valence-electron chi connectivity index (χ2n) is 4.70. The van der Waals surface area contributed by atoms with E-state index in [9.17, 15) is 9.59 Å². The Bertz CT molecular complexity index is 460. The second-order valence-corrected chi connectivity index (χ2v) is 5.14. The summed E-state index contributed by atoms with van der Waals surface area (Å²) in [6.07, 6.45) is -0.0152. The summed E-state index contributed by atoms with van der Waals surface area (Å²) in [5, 5.41) is 3.22. The lowest BCUT2D eigenvalue weighted by atomic mass is 10.2. The molecule has 0 bridgehead atoms. The highest BCUT2D eigenvalue weighted by atomic mass is 35.5. The fourth-order valence-corrected chi connectivity index (χ4v) is 1.59. The predicted octanol–water partition coefficient (Wildman–Crippen LogP) is 2.69. The second kappa shape index (κ2) is 7.14. The third-order valence-electron chi connectivity index (χ3n) is 2.46. The van der Waals surface area contributed by atoms with Crippen LogP contribution in [0.2, 0.25) is 5.02 Å². The van der Waals surface area contributed by atoms with Gasteiger partial charge in [-0.05, 0) is 31.0 Å². The largest absolute Gasteiger partial charge is 0.480 e. The lowest BCUT2D eigenvalue weighted by Crippen LogP contribution is -2.38. The number of carbonyl (C=O) groups is 2. The minimum Gasteiger partial charge on any atom is -0.480 e. The molecule has 0 saturated carbocycles. The highest BCUT2D eigenvalue weighted by molar-refractivity contribution is 6.30. The van der Waals surface area contributed by atoms with Crippen LogP contribution < -0.4 is 10.1 Å². The number of ether oxygens (including phenoxy) is 1. The van der Waals surface area contributed by atoms with Crippen molar-refractivity contribution in [1.82, 2.24) is 5.32 Å². The van der Waals surface area contributed by atoms with Gasteiger partial charge in [-0.25, -0.2) is 0 Å². The maximum Gasteiger partial charge on any atom is 0.260 e. The van der Waals surface area contributed by atoms with Crippen LogP contribution >= 0.6 is 11.6 Å². The molecule has 19 heavy (non-hydrogen) atoms. The van der Waals surface area contributed by atoms with Crippen molar-refractivity contribution in [2.24, 2.45) is 5.92 Å². The summed E-state index contributed by atoms with van der Waals surface area (Å²) in [5.41, 5.74) is 0.330. The Balaban J connectivity index is 2.68. The molecular weight excluding hydrogens is 266 g/mol. The molecule has 1 aromatic carbocycles. The topological polar surface area (TPSA) is 55.4 Å². The molecule has 0 aliphatic rings. The molecule has 5 heteroatoms. The third kappa shape index (κ3) is 4.91. The molecule has 104 valence electrons. The Labute approximate surface area is 118 Å². The van der Waals surface area contributed by atoms with Gasteiger partial charge in [0.2, 0.25) is 0 Å². The highest BCUT2D eigenvalue weighted by Gasteiger charge is 2.16. The third-order valence-corrected chi connectivity index (χ3v) is 2.69. The first-order chi connectivity index (χ1) is 8.93. The molecular formula is C14H18ClNO3. The summed E-state index contributed by atoms with van der Waals surface area (Å²) >= 11 is 5.79. The molecule has 0 aliphatic heterocycles. The van der Waals surface area contributed by atoms with E-state index in [2.05, 4.69) is 5.32 Å². The van der Waals surface area contributed by atoms with Gasteiger partial charge in [0.25, 0.3) is 5.91 Å². The van der Waals surface area contributed by atoms with Crippen LogP contribution in [0.25, 0.3) is 0 Å². The summed E-state index contributed by atoms with van der Waals surface area (Å²) in [6.45, 7) is 6.25. The molecule has 1 N–H and O–H groups in total. The minimum atomic E-state index is -0.668. The average molecular weight is 284 g/mol. The van der Waals surface area contributed by atoms with Crippen molar-refractivity contribution in [2.45, 2.75) is 26.9 Å². The first-order valence-corrected chi connectivity index (χ1v) is 6.51. The fraction of sp³-hybridized carbons (Fsp3) is 0.429. The average Bonchev–Trinajstić information content (AvgIpc) is 2.37. The maximum absolute atomic E-state index is 11.8. The molecule has 0 spiro atoms. The summed E-state index contributed by atoms with van der Waals surface area (Å²) in [5.74, 6) is 0.518. The number of carbonyl (C=O) groups excluding carboxylic acids is 2. The zero-order chi connectivity index (χ0) is 14.4. The molecule has 1 amide bonds. The van der Waals surface area contributed by atoms with E-state index in [1.54, 1.807) is 19.1 Å². The molecule has 1 aromatic rings. The number of rotatable bonds is 6. The molecule has 0 heterocycles. The Morgan fingerprint density at radius 2 is 2.11 bits per heavy atom. The van der Waals surface area contributed by atoms with Gasteiger partial charge in [0.1, 0.15) is 5.75 Å². The van der Waals surface area contributed by atoms with E-state index in [0.29, 0.717) is 35.1 Å². The number of hydrogen-bond acceptors (Lipinski definition) is 3. The van der Waals surface area contributed by atoms with Crippen molar-refractivity contribution in [3.05, 3.63) is 28.8 Å². The number of aldehydes is 1. The van der Waals surface area contributed by atoms with Crippen LogP contribution in [0, 0.1) is 5.92 Å². The zero-order valence-electron chi connectivity index (χ0n) is 11.3. The van der Waals surface area contributed by atoms with Gasteiger partial charge in [-0.1, -0.05) is 25.4 Å². The lowest BCUT2D eigenvalue weighted by Gasteiger charge is -2.16. The van der Waals surface area contributed by atoms with Crippen molar-refractivity contribution in [1.29, 1.82) is 0 Å². The van der Waals surface area contributed by atoms with E-state index in [1.807, 2.05) is 13.8 Å². The van der Waals surface area contributed by atoms with Gasteiger partial charge < -0.3 is 10.1 Å². The maximum atomic E-state index is 11.8. The first-order valence-electron chi connectivity index (χ1n) is 6.13. The van der Waals surface area contributed by atoms with Crippen molar-refractivity contribution >= 4 is 23.8 Å². The Hall–Kier alpha value is -1.55. The fourth-order valence-electron chi connectivity index (χ4n) is 1.41. The van der Waals surface area contributed by atoms with Gasteiger partial charge in [0.05, 0.1) is 5.56 Å². The number of halogens is 1. The van der Waals surface area contributed by atoms with E-state index >= 15 is 0 Å². The van der Waals surface area contributed by atoms with Crippen molar-refractivity contribution in [3.63, 3.8) is 0 Å². The minimum absolute atomic E-state index is 0.208. The standard InChI is InChI=1S/C14H18ClNO3/c1-9(2)7-16-14(18)10(3)19-13-5-4-12(15)6-11(13)8-17/h4-6,8-10H,7H2,1-3H3,(H,16,18). The van der Waals surface area contributed by atoms with Gasteiger partial charge in [-0.15, -0.1) is 0 Å². The SMILES string of the molecule is CC(C)CNC(=O)C(C)Oc1ccc(Cl)cc1C=O. The zero-order valence-corrected chi connectivity index (χ0v) is 12.0. The van der Waals surface area contributed by atoms with Crippen LogP contribution in [-0.2, 0) is 4.79 Å². The summed E-state index contributed by atoms with van der Waals surface area (Å²) < 4.78 is 5.48. The number of amides is 1. The van der Waals surface area contributed by atoms with Gasteiger partial charge in [0, 0.05) is 11.6 Å². The van der Waals surface area contributed by atoms with Gasteiger partial charge in [-0.3, -0.25) is 9.59 Å². The van der Waals surface area contributed by atoms with E-state index in [4.69, 9.17) is 16.3 Å². The molecule has 1 atom stereocenters. The number of benzene rings is 1. The van der Waals surface area contributed by atoms with E-state index in [-0.39, 0.29) is 5.91 Å². The van der Waals surface area contributed by atoms with Crippen molar-refractivity contribution in [3.8, 4) is 5.75 Å². The van der Waals surface area contributed by atoms with Crippen LogP contribution in [0.4, 0.5) is 0 Å². The van der Waals surface area contributed by atoms with Crippen LogP contribution in [0.3, 0.4) is 0 Å². The molecule has 4 nitrogen and oxygen atoms in total. The summed E-state index contributed by atoms with van der Waals surface area (Å²) in [4.78, 5) is 22.7. The Morgan fingerprint density at radius 1 is 1.42 bits per heavy atom. The molecule has 1 unspecified atom stereocenters. The molecule has 0 aromatic heterocycles. The highest BCUT2D eigenvalue weighted by Crippen LogP contribution is 2.22. The number of hydrogen-bond donors (Lipinski definition) is 1. The van der Waals surface area contributed by atoms with Crippen molar-refractivity contribution in [2.75, 3.05) is 6.54 Å². The summed E-state index contributed by atoms with van der Waals surface area (Å²) in [7, 11) is 0. The predicted molar refractivity (Wildman–Crippen MR) is 74.8 cm³/mol. The molecule has 0 aliphatic carbocycles. The normalized spacial score (nSPS) is 12.1. The van der Waals surface area contributed by atoms with Crippen LogP contribution in [-0.4, -0.2) is 24.8 Å². The van der Waals surface area contributed by atoms with Crippen LogP contribution in [0.1, 0.15) is 31.1 Å². The van der Waals surface area contributed by atoms with Crippen molar-refractivity contribution < 1.29 is 14.3 Å². The van der Waals surface area contributed by atoms with E-state index < -0.39 is 6.10 Å². The lowest BCUT2D eigenvalue weighted by molar-refractivity contribution is -0.127. The quantitative estimate of drug-likeness (QED) is 0.817. The molecule has 0 radical (unpaired) electrons. The van der Waals surface area contributed by atoms with E-state index in [0.717, 1.165) is 0 Å². The smallest absolute Gasteiger partial charge is 0.260 e. The van der Waals surface area contributed by atoms with Gasteiger partial charge in [0.15, 0.2) is 12.4 Å². The Kier molecular flexibility index (Phi) is 5.83. The molecule has 0 fully saturated rings. The molecule has 1 rings (SSSR count). The van der Waals surface area contributed by atoms with Crippen LogP contribution in [0.5, 0.6) is 5.75 Å². The first kappa shape index (κ1) is 15.5.